The fourth-order valence-corrected chi connectivity index (χ4v) is 2.64. The van der Waals surface area contributed by atoms with E-state index in [1.54, 1.807) is 0 Å². The molecule has 0 aliphatic carbocycles. The number of hydrogen-bond acceptors (Lipinski definition) is 4. The molecule has 0 atom stereocenters. The molecule has 1 aliphatic rings. The molecule has 0 radical (unpaired) electrons. The molecule has 1 heterocycles. The fourth-order valence-electron chi connectivity index (χ4n) is 2.64. The summed E-state index contributed by atoms with van der Waals surface area (Å²) in [5.41, 5.74) is 4.04. The minimum Gasteiger partial charge on any atom is -0.486 e. The third kappa shape index (κ3) is 3.98. The van der Waals surface area contributed by atoms with Gasteiger partial charge in [-0.05, 0) is 37.6 Å². The summed E-state index contributed by atoms with van der Waals surface area (Å²) in [6.45, 7) is 5.73. The van der Waals surface area contributed by atoms with Gasteiger partial charge in [-0.2, -0.15) is 0 Å². The average Bonchev–Trinajstić information content (AvgIpc) is 2.57. The summed E-state index contributed by atoms with van der Waals surface area (Å²) in [5, 5.41) is 6.19. The molecule has 0 unspecified atom stereocenters. The van der Waals surface area contributed by atoms with Gasteiger partial charge in [0.1, 0.15) is 13.2 Å². The second-order valence-electron chi connectivity index (χ2n) is 5.90. The first-order chi connectivity index (χ1) is 11.6. The van der Waals surface area contributed by atoms with Crippen LogP contribution in [0.5, 0.6) is 11.5 Å². The van der Waals surface area contributed by atoms with Crippen molar-refractivity contribution in [2.24, 2.45) is 0 Å². The molecular weight excluding hydrogens is 304 g/mol. The summed E-state index contributed by atoms with van der Waals surface area (Å²) < 4.78 is 11.0. The summed E-state index contributed by atoms with van der Waals surface area (Å²) in [7, 11) is 0. The third-order valence-corrected chi connectivity index (χ3v) is 3.88. The van der Waals surface area contributed by atoms with Crippen LogP contribution in [0.3, 0.4) is 0 Å². The molecule has 0 fully saturated rings. The zero-order valence-electron chi connectivity index (χ0n) is 14.0. The largest absolute Gasteiger partial charge is 0.486 e. The van der Waals surface area contributed by atoms with Crippen LogP contribution in [0, 0.1) is 13.8 Å². The maximum atomic E-state index is 12.1. The number of benzene rings is 2. The zero-order chi connectivity index (χ0) is 16.9. The van der Waals surface area contributed by atoms with Gasteiger partial charge in [0.15, 0.2) is 11.5 Å². The Morgan fingerprint density at radius 1 is 1.04 bits per heavy atom. The van der Waals surface area contributed by atoms with Gasteiger partial charge in [-0.25, -0.2) is 0 Å². The number of ether oxygens (including phenoxy) is 2. The Morgan fingerprint density at radius 3 is 2.62 bits per heavy atom. The van der Waals surface area contributed by atoms with Crippen LogP contribution in [0.4, 0.5) is 11.4 Å². The Balaban J connectivity index is 1.50. The number of hydrogen-bond donors (Lipinski definition) is 2. The predicted octanol–water partition coefficient (Wildman–Crippen LogP) is 3.52. The summed E-state index contributed by atoms with van der Waals surface area (Å²) in [4.78, 5) is 12.1. The first kappa shape index (κ1) is 16.2. The highest BCUT2D eigenvalue weighted by Crippen LogP contribution is 2.32. The summed E-state index contributed by atoms with van der Waals surface area (Å²) in [5.74, 6) is 1.50. The smallest absolute Gasteiger partial charge is 0.226 e. The summed E-state index contributed by atoms with van der Waals surface area (Å²) in [6, 6.07) is 11.7. The van der Waals surface area contributed by atoms with Gasteiger partial charge in [-0.1, -0.05) is 17.7 Å². The zero-order valence-corrected chi connectivity index (χ0v) is 14.0. The molecule has 0 bridgehead atoms. The Hall–Kier alpha value is -2.69. The van der Waals surface area contributed by atoms with Crippen molar-refractivity contribution in [3.05, 3.63) is 47.5 Å². The first-order valence-electron chi connectivity index (χ1n) is 8.12. The van der Waals surface area contributed by atoms with E-state index in [0.29, 0.717) is 26.2 Å². The monoisotopic (exact) mass is 326 g/mol. The van der Waals surface area contributed by atoms with Crippen LogP contribution in [0.25, 0.3) is 0 Å². The molecule has 5 nitrogen and oxygen atoms in total. The lowest BCUT2D eigenvalue weighted by Gasteiger charge is -2.19. The van der Waals surface area contributed by atoms with Crippen LogP contribution in [-0.4, -0.2) is 25.7 Å². The van der Waals surface area contributed by atoms with E-state index in [1.807, 2.05) is 44.2 Å². The minimum atomic E-state index is -0.00741. The normalized spacial score (nSPS) is 12.6. The second kappa shape index (κ2) is 7.25. The number of nitrogens with one attached hydrogen (secondary N) is 2. The molecular formula is C19H22N2O3. The van der Waals surface area contributed by atoms with E-state index in [-0.39, 0.29) is 5.91 Å². The van der Waals surface area contributed by atoms with Gasteiger partial charge >= 0.3 is 0 Å². The lowest BCUT2D eigenvalue weighted by atomic mass is 10.1. The van der Waals surface area contributed by atoms with E-state index in [9.17, 15) is 4.79 Å². The molecule has 5 heteroatoms. The van der Waals surface area contributed by atoms with Crippen molar-refractivity contribution < 1.29 is 14.3 Å². The van der Waals surface area contributed by atoms with Crippen LogP contribution in [0.2, 0.25) is 0 Å². The molecule has 0 aromatic heterocycles. The van der Waals surface area contributed by atoms with Crippen molar-refractivity contribution in [2.45, 2.75) is 20.3 Å². The minimum absolute atomic E-state index is 0.00741. The van der Waals surface area contributed by atoms with E-state index < -0.39 is 0 Å². The van der Waals surface area contributed by atoms with Crippen molar-refractivity contribution in [3.8, 4) is 11.5 Å². The van der Waals surface area contributed by atoms with Crippen molar-refractivity contribution in [1.29, 1.82) is 0 Å². The highest BCUT2D eigenvalue weighted by molar-refractivity contribution is 5.91. The molecule has 2 N–H and O–H groups in total. The number of anilines is 2. The number of amides is 1. The van der Waals surface area contributed by atoms with Gasteiger partial charge in [0.2, 0.25) is 5.91 Å². The summed E-state index contributed by atoms with van der Waals surface area (Å²) >= 11 is 0. The van der Waals surface area contributed by atoms with Gasteiger partial charge in [0, 0.05) is 30.4 Å². The van der Waals surface area contributed by atoms with E-state index in [2.05, 4.69) is 16.7 Å². The van der Waals surface area contributed by atoms with Crippen molar-refractivity contribution in [2.75, 3.05) is 30.4 Å². The lowest BCUT2D eigenvalue weighted by molar-refractivity contribution is -0.115. The van der Waals surface area contributed by atoms with E-state index in [4.69, 9.17) is 9.47 Å². The summed E-state index contributed by atoms with van der Waals surface area (Å²) in [6.07, 6.45) is 0.391. The van der Waals surface area contributed by atoms with E-state index in [0.717, 1.165) is 28.4 Å². The van der Waals surface area contributed by atoms with Crippen LogP contribution in [0.15, 0.2) is 36.4 Å². The Labute approximate surface area is 142 Å². The van der Waals surface area contributed by atoms with Crippen LogP contribution in [-0.2, 0) is 4.79 Å². The van der Waals surface area contributed by atoms with Gasteiger partial charge in [0.25, 0.3) is 0 Å². The molecule has 1 amide bonds. The van der Waals surface area contributed by atoms with Crippen molar-refractivity contribution in [3.63, 3.8) is 0 Å². The molecule has 0 saturated heterocycles. The highest BCUT2D eigenvalue weighted by atomic mass is 16.6. The van der Waals surface area contributed by atoms with Gasteiger partial charge in [0.05, 0.1) is 0 Å². The van der Waals surface area contributed by atoms with Crippen molar-refractivity contribution in [1.82, 2.24) is 0 Å². The number of carbonyl (C=O) groups is 1. The topological polar surface area (TPSA) is 59.6 Å². The average molecular weight is 326 g/mol. The fraction of sp³-hybridized carbons (Fsp3) is 0.316. The van der Waals surface area contributed by atoms with E-state index in [1.165, 1.54) is 5.56 Å². The standard InChI is InChI=1S/C19H22N2O3/c1-13-3-5-16(14(2)11-13)21-19(22)7-8-20-15-4-6-17-18(12-15)24-10-9-23-17/h3-6,11-12,20H,7-10H2,1-2H3,(H,21,22). The highest BCUT2D eigenvalue weighted by Gasteiger charge is 2.11. The number of carbonyl (C=O) groups excluding carboxylic acids is 1. The van der Waals surface area contributed by atoms with Gasteiger partial charge in [-0.15, -0.1) is 0 Å². The maximum Gasteiger partial charge on any atom is 0.226 e. The second-order valence-corrected chi connectivity index (χ2v) is 5.90. The Morgan fingerprint density at radius 2 is 1.83 bits per heavy atom. The Bertz CT molecular complexity index is 743. The quantitative estimate of drug-likeness (QED) is 0.883. The molecule has 24 heavy (non-hydrogen) atoms. The molecule has 2 aromatic carbocycles. The molecule has 0 spiro atoms. The van der Waals surface area contributed by atoms with Gasteiger partial charge < -0.3 is 20.1 Å². The number of rotatable bonds is 5. The lowest BCUT2D eigenvalue weighted by Crippen LogP contribution is -2.17. The van der Waals surface area contributed by atoms with E-state index >= 15 is 0 Å². The molecule has 3 rings (SSSR count). The third-order valence-electron chi connectivity index (χ3n) is 3.88. The van der Waals surface area contributed by atoms with Gasteiger partial charge in [-0.3, -0.25) is 4.79 Å². The number of fused-ring (bicyclic) bond motifs is 1. The molecule has 2 aromatic rings. The SMILES string of the molecule is Cc1ccc(NC(=O)CCNc2ccc3c(c2)OCCO3)c(C)c1. The Kier molecular flexibility index (Phi) is 4.89. The predicted molar refractivity (Wildman–Crippen MR) is 95.1 cm³/mol. The number of aryl methyl sites for hydroxylation is 2. The first-order valence-corrected chi connectivity index (χ1v) is 8.12. The van der Waals surface area contributed by atoms with Crippen molar-refractivity contribution >= 4 is 17.3 Å². The molecule has 0 saturated carbocycles. The van der Waals surface area contributed by atoms with Crippen LogP contribution < -0.4 is 20.1 Å². The van der Waals surface area contributed by atoms with Crippen LogP contribution in [0.1, 0.15) is 17.5 Å². The van der Waals surface area contributed by atoms with Crippen LogP contribution >= 0.6 is 0 Å². The maximum absolute atomic E-state index is 12.1. The molecule has 126 valence electrons. The molecule has 1 aliphatic heterocycles.